The van der Waals surface area contributed by atoms with Gasteiger partial charge in [-0.3, -0.25) is 4.79 Å². The second-order valence-electron chi connectivity index (χ2n) is 3.83. The van der Waals surface area contributed by atoms with Gasteiger partial charge in [0, 0.05) is 24.5 Å². The summed E-state index contributed by atoms with van der Waals surface area (Å²) in [7, 11) is 0. The first kappa shape index (κ1) is 13.8. The lowest BCUT2D eigenvalue weighted by Crippen LogP contribution is -2.23. The minimum absolute atomic E-state index is 0.177. The van der Waals surface area contributed by atoms with Gasteiger partial charge in [-0.25, -0.2) is 0 Å². The Labute approximate surface area is 108 Å². The number of halogens is 1. The number of hydrogen-bond acceptors (Lipinski definition) is 2. The summed E-state index contributed by atoms with van der Waals surface area (Å²) in [5, 5.41) is 2.27. The van der Waals surface area contributed by atoms with E-state index in [1.54, 1.807) is 6.92 Å². The molecule has 0 heterocycles. The Hall–Kier alpha value is -1.22. The van der Waals surface area contributed by atoms with Crippen LogP contribution >= 0.6 is 11.6 Å². The lowest BCUT2D eigenvalue weighted by atomic mass is 10.2. The van der Waals surface area contributed by atoms with Gasteiger partial charge in [-0.1, -0.05) is 6.07 Å². The first-order chi connectivity index (χ1) is 8.08. The van der Waals surface area contributed by atoms with E-state index in [9.17, 15) is 4.79 Å². The number of hydrogen-bond donors (Lipinski definition) is 1. The number of benzene rings is 1. The lowest BCUT2D eigenvalue weighted by molar-refractivity contribution is -0.115. The molecule has 0 bridgehead atoms. The van der Waals surface area contributed by atoms with Gasteiger partial charge >= 0.3 is 0 Å². The molecule has 1 rings (SSSR count). The molecule has 4 heteroatoms. The number of nitrogens with zero attached hydrogens (tertiary/aromatic N) is 1. The van der Waals surface area contributed by atoms with Gasteiger partial charge < -0.3 is 10.2 Å². The first-order valence-corrected chi connectivity index (χ1v) is 6.32. The molecule has 1 atom stereocenters. The number of carbonyl (C=O) groups excluding carboxylic acids is 1. The summed E-state index contributed by atoms with van der Waals surface area (Å²) < 4.78 is 0. The van der Waals surface area contributed by atoms with Crippen molar-refractivity contribution in [1.82, 2.24) is 0 Å². The van der Waals surface area contributed by atoms with Crippen molar-refractivity contribution in [3.05, 3.63) is 24.3 Å². The second kappa shape index (κ2) is 6.50. The molecule has 0 spiro atoms. The molecule has 1 amide bonds. The maximum atomic E-state index is 11.5. The van der Waals surface area contributed by atoms with Crippen molar-refractivity contribution in [2.45, 2.75) is 26.1 Å². The summed E-state index contributed by atoms with van der Waals surface area (Å²) >= 11 is 5.71. The molecule has 17 heavy (non-hydrogen) atoms. The molecule has 0 aliphatic rings. The van der Waals surface area contributed by atoms with Crippen LogP contribution < -0.4 is 10.2 Å². The summed E-state index contributed by atoms with van der Waals surface area (Å²) in [6.07, 6.45) is 0. The van der Waals surface area contributed by atoms with Crippen molar-refractivity contribution in [3.8, 4) is 0 Å². The molecule has 0 saturated carbocycles. The summed E-state index contributed by atoms with van der Waals surface area (Å²) in [5.74, 6) is -0.177. The molecule has 1 aromatic rings. The smallest absolute Gasteiger partial charge is 0.242 e. The minimum Gasteiger partial charge on any atom is -0.372 e. The molecule has 3 nitrogen and oxygen atoms in total. The van der Waals surface area contributed by atoms with Gasteiger partial charge in [-0.05, 0) is 39.0 Å². The summed E-state index contributed by atoms with van der Waals surface area (Å²) in [4.78, 5) is 13.7. The molecule has 0 radical (unpaired) electrons. The fraction of sp³-hybridized carbons (Fsp3) is 0.462. The average Bonchev–Trinajstić information content (AvgIpc) is 2.31. The first-order valence-electron chi connectivity index (χ1n) is 5.88. The fourth-order valence-electron chi connectivity index (χ4n) is 1.61. The predicted molar refractivity (Wildman–Crippen MR) is 73.9 cm³/mol. The normalized spacial score (nSPS) is 12.0. The number of alkyl halides is 1. The average molecular weight is 255 g/mol. The van der Waals surface area contributed by atoms with E-state index in [0.29, 0.717) is 0 Å². The third kappa shape index (κ3) is 3.93. The molecule has 0 saturated heterocycles. The molecule has 0 unspecified atom stereocenters. The van der Waals surface area contributed by atoms with Crippen LogP contribution in [0.5, 0.6) is 0 Å². The Kier molecular flexibility index (Phi) is 5.29. The highest BCUT2D eigenvalue weighted by molar-refractivity contribution is 6.32. The van der Waals surface area contributed by atoms with Crippen LogP contribution in [0.4, 0.5) is 11.4 Å². The quantitative estimate of drug-likeness (QED) is 0.819. The zero-order valence-corrected chi connectivity index (χ0v) is 11.3. The maximum Gasteiger partial charge on any atom is 0.242 e. The second-order valence-corrected chi connectivity index (χ2v) is 4.48. The van der Waals surface area contributed by atoms with Gasteiger partial charge in [-0.15, -0.1) is 11.6 Å². The van der Waals surface area contributed by atoms with Crippen molar-refractivity contribution < 1.29 is 4.79 Å². The summed E-state index contributed by atoms with van der Waals surface area (Å²) in [6.45, 7) is 7.76. The van der Waals surface area contributed by atoms with Crippen molar-refractivity contribution in [2.75, 3.05) is 23.3 Å². The van der Waals surface area contributed by atoms with E-state index in [1.807, 2.05) is 24.3 Å². The highest BCUT2D eigenvalue weighted by Gasteiger charge is 2.09. The zero-order chi connectivity index (χ0) is 12.8. The summed E-state index contributed by atoms with van der Waals surface area (Å²) in [5.41, 5.74) is 1.89. The van der Waals surface area contributed by atoms with Crippen LogP contribution in [0.1, 0.15) is 20.8 Å². The standard InChI is InChI=1S/C13H19ClN2O/c1-4-16(5-2)12-8-6-7-11(9-12)15-13(17)10(3)14/h6-10H,4-5H2,1-3H3,(H,15,17)/t10-/m0/s1. The van der Waals surface area contributed by atoms with E-state index in [4.69, 9.17) is 11.6 Å². The molecule has 94 valence electrons. The minimum atomic E-state index is -0.521. The number of anilines is 2. The van der Waals surface area contributed by atoms with Gasteiger partial charge in [0.15, 0.2) is 0 Å². The van der Waals surface area contributed by atoms with Gasteiger partial charge in [0.25, 0.3) is 0 Å². The topological polar surface area (TPSA) is 32.3 Å². The molecule has 0 aromatic heterocycles. The predicted octanol–water partition coefficient (Wildman–Crippen LogP) is 3.10. The third-order valence-corrected chi connectivity index (χ3v) is 2.80. The van der Waals surface area contributed by atoms with Crippen LogP contribution in [0.25, 0.3) is 0 Å². The molecule has 0 fully saturated rings. The zero-order valence-electron chi connectivity index (χ0n) is 10.5. The molecule has 1 N–H and O–H groups in total. The third-order valence-electron chi connectivity index (χ3n) is 2.60. The van der Waals surface area contributed by atoms with E-state index in [2.05, 4.69) is 24.1 Å². The fourth-order valence-corrected chi connectivity index (χ4v) is 1.67. The van der Waals surface area contributed by atoms with Crippen molar-refractivity contribution in [2.24, 2.45) is 0 Å². The number of nitrogens with one attached hydrogen (secondary N) is 1. The van der Waals surface area contributed by atoms with Crippen LogP contribution in [0.2, 0.25) is 0 Å². The number of rotatable bonds is 5. The molecule has 0 aliphatic heterocycles. The van der Waals surface area contributed by atoms with Crippen LogP contribution in [-0.2, 0) is 4.79 Å². The monoisotopic (exact) mass is 254 g/mol. The number of carbonyl (C=O) groups is 1. The molecular formula is C13H19ClN2O. The SMILES string of the molecule is CCN(CC)c1cccc(NC(=O)[C@H](C)Cl)c1. The maximum absolute atomic E-state index is 11.5. The Morgan fingerprint density at radius 2 is 2.06 bits per heavy atom. The van der Waals surface area contributed by atoms with E-state index < -0.39 is 5.38 Å². The van der Waals surface area contributed by atoms with Gasteiger partial charge in [0.2, 0.25) is 5.91 Å². The van der Waals surface area contributed by atoms with E-state index in [0.717, 1.165) is 24.5 Å². The highest BCUT2D eigenvalue weighted by atomic mass is 35.5. The van der Waals surface area contributed by atoms with Crippen molar-refractivity contribution in [3.63, 3.8) is 0 Å². The Bertz CT molecular complexity index is 375. The van der Waals surface area contributed by atoms with Gasteiger partial charge in [0.05, 0.1) is 0 Å². The Morgan fingerprint density at radius 3 is 2.59 bits per heavy atom. The van der Waals surface area contributed by atoms with Crippen molar-refractivity contribution >= 4 is 28.9 Å². The Morgan fingerprint density at radius 1 is 1.41 bits per heavy atom. The lowest BCUT2D eigenvalue weighted by Gasteiger charge is -2.21. The molecule has 0 aliphatic carbocycles. The molecular weight excluding hydrogens is 236 g/mol. The van der Waals surface area contributed by atoms with Crippen LogP contribution in [0, 0.1) is 0 Å². The van der Waals surface area contributed by atoms with Gasteiger partial charge in [-0.2, -0.15) is 0 Å². The van der Waals surface area contributed by atoms with Crippen LogP contribution in [0.3, 0.4) is 0 Å². The highest BCUT2D eigenvalue weighted by Crippen LogP contribution is 2.19. The van der Waals surface area contributed by atoms with Crippen LogP contribution in [-0.4, -0.2) is 24.4 Å². The van der Waals surface area contributed by atoms with E-state index in [-0.39, 0.29) is 5.91 Å². The van der Waals surface area contributed by atoms with E-state index in [1.165, 1.54) is 0 Å². The van der Waals surface area contributed by atoms with Gasteiger partial charge in [0.1, 0.15) is 5.38 Å². The Balaban J connectivity index is 2.82. The van der Waals surface area contributed by atoms with Crippen LogP contribution in [0.15, 0.2) is 24.3 Å². The van der Waals surface area contributed by atoms with Crippen molar-refractivity contribution in [1.29, 1.82) is 0 Å². The largest absolute Gasteiger partial charge is 0.372 e. The van der Waals surface area contributed by atoms with E-state index >= 15 is 0 Å². The number of amides is 1. The summed E-state index contributed by atoms with van der Waals surface area (Å²) in [6, 6.07) is 7.79. The molecule has 1 aromatic carbocycles.